The highest BCUT2D eigenvalue weighted by Crippen LogP contribution is 2.17. The lowest BCUT2D eigenvalue weighted by molar-refractivity contribution is 0.0793. The average Bonchev–Trinajstić information content (AvgIpc) is 3.18. The smallest absolute Gasteiger partial charge is 0.321 e. The number of nitrogens with one attached hydrogen (secondary N) is 1. The van der Waals surface area contributed by atoms with Crippen LogP contribution in [0.3, 0.4) is 0 Å². The molecule has 0 bridgehead atoms. The molecule has 1 N–H and O–H groups in total. The summed E-state index contributed by atoms with van der Waals surface area (Å²) in [6, 6.07) is 14.8. The molecule has 3 amide bonds. The van der Waals surface area contributed by atoms with Crippen LogP contribution in [0.4, 0.5) is 10.5 Å². The summed E-state index contributed by atoms with van der Waals surface area (Å²) in [7, 11) is 1.75. The Labute approximate surface area is 162 Å². The van der Waals surface area contributed by atoms with Crippen molar-refractivity contribution in [1.29, 1.82) is 0 Å². The van der Waals surface area contributed by atoms with Crippen molar-refractivity contribution < 1.29 is 9.59 Å². The standard InChI is InChI=1S/C20H22BrN3O2/c1-23(14-15-7-9-17(21)10-8-15)20(26)22-18-6-4-5-16(13-18)19(25)24-11-2-3-12-24/h4-10,13H,2-3,11-12,14H2,1H3,(H,22,26). The van der Waals surface area contributed by atoms with E-state index in [-0.39, 0.29) is 11.9 Å². The highest BCUT2D eigenvalue weighted by atomic mass is 79.9. The van der Waals surface area contributed by atoms with Crippen LogP contribution in [-0.2, 0) is 6.54 Å². The number of amides is 3. The van der Waals surface area contributed by atoms with Crippen LogP contribution in [0.5, 0.6) is 0 Å². The summed E-state index contributed by atoms with van der Waals surface area (Å²) in [6.45, 7) is 2.13. The Morgan fingerprint density at radius 3 is 2.50 bits per heavy atom. The van der Waals surface area contributed by atoms with Gasteiger partial charge in [-0.15, -0.1) is 0 Å². The number of carbonyl (C=O) groups excluding carboxylic acids is 2. The number of urea groups is 1. The summed E-state index contributed by atoms with van der Waals surface area (Å²) in [5.41, 5.74) is 2.28. The molecule has 0 spiro atoms. The highest BCUT2D eigenvalue weighted by Gasteiger charge is 2.20. The van der Waals surface area contributed by atoms with Crippen LogP contribution >= 0.6 is 15.9 Å². The molecule has 26 heavy (non-hydrogen) atoms. The highest BCUT2D eigenvalue weighted by molar-refractivity contribution is 9.10. The third-order valence-corrected chi connectivity index (χ3v) is 4.96. The summed E-state index contributed by atoms with van der Waals surface area (Å²) in [4.78, 5) is 28.4. The van der Waals surface area contributed by atoms with E-state index in [0.29, 0.717) is 17.8 Å². The van der Waals surface area contributed by atoms with Crippen LogP contribution in [0, 0.1) is 0 Å². The normalized spacial score (nSPS) is 13.5. The molecule has 136 valence electrons. The molecule has 5 nitrogen and oxygen atoms in total. The molecule has 2 aromatic carbocycles. The van der Waals surface area contributed by atoms with E-state index >= 15 is 0 Å². The summed E-state index contributed by atoms with van der Waals surface area (Å²) in [5.74, 6) is 0.0295. The molecule has 6 heteroatoms. The van der Waals surface area contributed by atoms with E-state index < -0.39 is 0 Å². The molecule has 1 aliphatic heterocycles. The van der Waals surface area contributed by atoms with E-state index in [2.05, 4.69) is 21.2 Å². The van der Waals surface area contributed by atoms with Gasteiger partial charge < -0.3 is 15.1 Å². The molecule has 0 atom stereocenters. The molecule has 1 aliphatic rings. The zero-order valence-electron chi connectivity index (χ0n) is 14.7. The number of carbonyl (C=O) groups is 2. The van der Waals surface area contributed by atoms with E-state index in [1.807, 2.05) is 29.2 Å². The van der Waals surface area contributed by atoms with Gasteiger partial charge in [0.1, 0.15) is 0 Å². The minimum Gasteiger partial charge on any atom is -0.339 e. The maximum atomic E-state index is 12.5. The van der Waals surface area contributed by atoms with Gasteiger partial charge in [-0.05, 0) is 48.7 Å². The van der Waals surface area contributed by atoms with Gasteiger partial charge in [-0.1, -0.05) is 34.1 Å². The monoisotopic (exact) mass is 415 g/mol. The Balaban J connectivity index is 1.62. The largest absolute Gasteiger partial charge is 0.339 e. The molecule has 0 radical (unpaired) electrons. The minimum atomic E-state index is -0.210. The van der Waals surface area contributed by atoms with Gasteiger partial charge in [0.15, 0.2) is 0 Å². The lowest BCUT2D eigenvalue weighted by Crippen LogP contribution is -2.31. The van der Waals surface area contributed by atoms with E-state index in [1.54, 1.807) is 36.2 Å². The fourth-order valence-corrected chi connectivity index (χ4v) is 3.25. The Morgan fingerprint density at radius 2 is 1.81 bits per heavy atom. The van der Waals surface area contributed by atoms with Gasteiger partial charge in [-0.25, -0.2) is 4.79 Å². The second kappa shape index (κ2) is 8.36. The second-order valence-electron chi connectivity index (χ2n) is 6.49. The number of anilines is 1. The molecule has 1 saturated heterocycles. The zero-order valence-corrected chi connectivity index (χ0v) is 16.3. The predicted molar refractivity (Wildman–Crippen MR) is 106 cm³/mol. The lowest BCUT2D eigenvalue weighted by Gasteiger charge is -2.19. The van der Waals surface area contributed by atoms with Gasteiger partial charge in [-0.2, -0.15) is 0 Å². The zero-order chi connectivity index (χ0) is 18.5. The van der Waals surface area contributed by atoms with Crippen molar-refractivity contribution in [2.24, 2.45) is 0 Å². The van der Waals surface area contributed by atoms with Crippen molar-refractivity contribution in [3.05, 3.63) is 64.1 Å². The van der Waals surface area contributed by atoms with E-state index in [0.717, 1.165) is 36.0 Å². The first-order chi connectivity index (χ1) is 12.5. The third kappa shape index (κ3) is 4.64. The van der Waals surface area contributed by atoms with Crippen LogP contribution < -0.4 is 5.32 Å². The van der Waals surface area contributed by atoms with Crippen LogP contribution in [0.1, 0.15) is 28.8 Å². The fraction of sp³-hybridized carbons (Fsp3) is 0.300. The molecule has 1 fully saturated rings. The summed E-state index contributed by atoms with van der Waals surface area (Å²) < 4.78 is 1.01. The van der Waals surface area contributed by atoms with Gasteiger partial charge in [0.25, 0.3) is 5.91 Å². The van der Waals surface area contributed by atoms with Gasteiger partial charge in [0.05, 0.1) is 0 Å². The molecule has 0 unspecified atom stereocenters. The van der Waals surface area contributed by atoms with E-state index in [1.165, 1.54) is 0 Å². The summed E-state index contributed by atoms with van der Waals surface area (Å²) in [5, 5.41) is 2.87. The first-order valence-corrected chi connectivity index (χ1v) is 9.48. The lowest BCUT2D eigenvalue weighted by atomic mass is 10.1. The van der Waals surface area contributed by atoms with Gasteiger partial charge >= 0.3 is 6.03 Å². The maximum Gasteiger partial charge on any atom is 0.321 e. The van der Waals surface area contributed by atoms with E-state index in [9.17, 15) is 9.59 Å². The maximum absolute atomic E-state index is 12.5. The molecular formula is C20H22BrN3O2. The van der Waals surface area contributed by atoms with Crippen molar-refractivity contribution in [3.8, 4) is 0 Å². The van der Waals surface area contributed by atoms with Gasteiger partial charge in [0, 0.05) is 42.4 Å². The van der Waals surface area contributed by atoms with Crippen molar-refractivity contribution in [1.82, 2.24) is 9.80 Å². The van der Waals surface area contributed by atoms with Crippen LogP contribution in [0.2, 0.25) is 0 Å². The quantitative estimate of drug-likeness (QED) is 0.806. The topological polar surface area (TPSA) is 52.7 Å². The van der Waals surface area contributed by atoms with Crippen LogP contribution in [-0.4, -0.2) is 41.9 Å². The first-order valence-electron chi connectivity index (χ1n) is 8.69. The number of nitrogens with zero attached hydrogens (tertiary/aromatic N) is 2. The Bertz CT molecular complexity index is 786. The SMILES string of the molecule is CN(Cc1ccc(Br)cc1)C(=O)Nc1cccc(C(=O)N2CCCC2)c1. The fourth-order valence-electron chi connectivity index (χ4n) is 2.99. The summed E-state index contributed by atoms with van der Waals surface area (Å²) >= 11 is 3.40. The summed E-state index contributed by atoms with van der Waals surface area (Å²) in [6.07, 6.45) is 2.12. The van der Waals surface area contributed by atoms with Crippen molar-refractivity contribution in [2.45, 2.75) is 19.4 Å². The number of hydrogen-bond acceptors (Lipinski definition) is 2. The number of hydrogen-bond donors (Lipinski definition) is 1. The molecule has 2 aromatic rings. The van der Waals surface area contributed by atoms with Crippen LogP contribution in [0.15, 0.2) is 53.0 Å². The average molecular weight is 416 g/mol. The minimum absolute atomic E-state index is 0.0295. The number of benzene rings is 2. The second-order valence-corrected chi connectivity index (χ2v) is 7.41. The Hall–Kier alpha value is -2.34. The van der Waals surface area contributed by atoms with Crippen molar-refractivity contribution in [3.63, 3.8) is 0 Å². The molecule has 3 rings (SSSR count). The number of halogens is 1. The number of likely N-dealkylation sites (tertiary alicyclic amines) is 1. The third-order valence-electron chi connectivity index (χ3n) is 4.43. The van der Waals surface area contributed by atoms with Crippen molar-refractivity contribution in [2.75, 3.05) is 25.5 Å². The Morgan fingerprint density at radius 1 is 1.12 bits per heavy atom. The molecule has 1 heterocycles. The molecular weight excluding hydrogens is 394 g/mol. The first kappa shape index (κ1) is 18.5. The molecule has 0 saturated carbocycles. The predicted octanol–water partition coefficient (Wildman–Crippen LogP) is 4.35. The van der Waals surface area contributed by atoms with Crippen LogP contribution in [0.25, 0.3) is 0 Å². The number of rotatable bonds is 4. The Kier molecular flexibility index (Phi) is 5.93. The van der Waals surface area contributed by atoms with Gasteiger partial charge in [-0.3, -0.25) is 4.79 Å². The van der Waals surface area contributed by atoms with Crippen molar-refractivity contribution >= 4 is 33.6 Å². The molecule has 0 aliphatic carbocycles. The van der Waals surface area contributed by atoms with Gasteiger partial charge in [0.2, 0.25) is 0 Å². The van der Waals surface area contributed by atoms with E-state index in [4.69, 9.17) is 0 Å². The molecule has 0 aromatic heterocycles.